The summed E-state index contributed by atoms with van der Waals surface area (Å²) in [4.78, 5) is 18.9. The van der Waals surface area contributed by atoms with Gasteiger partial charge in [0.2, 0.25) is 5.91 Å². The molecular formula is C21H26N2OS. The molecule has 0 saturated heterocycles. The number of nitrogens with one attached hydrogen (secondary N) is 1. The number of thiazole rings is 1. The Balaban J connectivity index is 1.28. The molecule has 25 heavy (non-hydrogen) atoms. The van der Waals surface area contributed by atoms with Gasteiger partial charge in [-0.2, -0.15) is 0 Å². The second kappa shape index (κ2) is 7.69. The molecule has 4 heteroatoms. The summed E-state index contributed by atoms with van der Waals surface area (Å²) in [6.07, 6.45) is 10.1. The molecule has 2 aromatic rings. The fraction of sp³-hybridized carbons (Fsp3) is 0.524. The van der Waals surface area contributed by atoms with Crippen molar-refractivity contribution in [2.45, 2.75) is 63.7 Å². The van der Waals surface area contributed by atoms with Gasteiger partial charge in [0.15, 0.2) is 0 Å². The van der Waals surface area contributed by atoms with Gasteiger partial charge in [0.1, 0.15) is 0 Å². The van der Waals surface area contributed by atoms with Crippen molar-refractivity contribution < 1.29 is 4.79 Å². The molecule has 1 aromatic carbocycles. The van der Waals surface area contributed by atoms with E-state index in [2.05, 4.69) is 29.6 Å². The maximum atomic E-state index is 12.6. The van der Waals surface area contributed by atoms with E-state index in [0.717, 1.165) is 45.1 Å². The van der Waals surface area contributed by atoms with Crippen LogP contribution in [-0.2, 0) is 30.5 Å². The molecule has 2 aliphatic rings. The Hall–Kier alpha value is -1.68. The van der Waals surface area contributed by atoms with Crippen LogP contribution in [0.3, 0.4) is 0 Å². The molecule has 0 fully saturated rings. The molecule has 0 aliphatic heterocycles. The first-order valence-corrected chi connectivity index (χ1v) is 10.5. The van der Waals surface area contributed by atoms with Crippen LogP contribution in [0, 0.1) is 0 Å². The number of fused-ring (bicyclic) bond motifs is 2. The fourth-order valence-corrected chi connectivity index (χ4v) is 5.31. The summed E-state index contributed by atoms with van der Waals surface area (Å²) in [5, 5.41) is 4.42. The third kappa shape index (κ3) is 3.79. The van der Waals surface area contributed by atoms with Crippen LogP contribution in [-0.4, -0.2) is 17.4 Å². The maximum absolute atomic E-state index is 12.6. The molecule has 4 rings (SSSR count). The second-order valence-corrected chi connectivity index (χ2v) is 8.39. The molecule has 1 N–H and O–H groups in total. The largest absolute Gasteiger partial charge is 0.356 e. The molecule has 1 unspecified atom stereocenters. The summed E-state index contributed by atoms with van der Waals surface area (Å²) >= 11 is 1.89. The number of amides is 1. The monoisotopic (exact) mass is 354 g/mol. The summed E-state index contributed by atoms with van der Waals surface area (Å²) in [6, 6.07) is 8.42. The minimum Gasteiger partial charge on any atom is -0.356 e. The normalized spacial score (nSPS) is 19.1. The van der Waals surface area contributed by atoms with E-state index < -0.39 is 0 Å². The van der Waals surface area contributed by atoms with Gasteiger partial charge in [-0.25, -0.2) is 4.98 Å². The van der Waals surface area contributed by atoms with E-state index in [1.165, 1.54) is 46.0 Å². The Labute approximate surface area is 153 Å². The van der Waals surface area contributed by atoms with Gasteiger partial charge in [0, 0.05) is 17.8 Å². The highest BCUT2D eigenvalue weighted by Gasteiger charge is 2.25. The van der Waals surface area contributed by atoms with Gasteiger partial charge < -0.3 is 5.32 Å². The Morgan fingerprint density at radius 2 is 2.04 bits per heavy atom. The van der Waals surface area contributed by atoms with Crippen molar-refractivity contribution in [2.75, 3.05) is 6.54 Å². The van der Waals surface area contributed by atoms with E-state index in [0.29, 0.717) is 0 Å². The Bertz CT molecular complexity index is 729. The Kier molecular flexibility index (Phi) is 5.16. The third-order valence-electron chi connectivity index (χ3n) is 5.44. The predicted molar refractivity (Wildman–Crippen MR) is 102 cm³/mol. The quantitative estimate of drug-likeness (QED) is 0.818. The summed E-state index contributed by atoms with van der Waals surface area (Å²) in [5.74, 6) is 0.239. The summed E-state index contributed by atoms with van der Waals surface area (Å²) < 4.78 is 0. The molecule has 3 nitrogen and oxygen atoms in total. The number of aryl methyl sites for hydroxylation is 4. The minimum absolute atomic E-state index is 0.0390. The lowest BCUT2D eigenvalue weighted by atomic mass is 9.82. The van der Waals surface area contributed by atoms with Crippen LogP contribution in [0.15, 0.2) is 24.3 Å². The van der Waals surface area contributed by atoms with Gasteiger partial charge in [0.05, 0.1) is 16.6 Å². The number of carbonyl (C=O) groups is 1. The topological polar surface area (TPSA) is 42.0 Å². The summed E-state index contributed by atoms with van der Waals surface area (Å²) in [5.41, 5.74) is 3.93. The zero-order valence-corrected chi connectivity index (χ0v) is 15.5. The van der Waals surface area contributed by atoms with Gasteiger partial charge in [0.25, 0.3) is 0 Å². The highest BCUT2D eigenvalue weighted by Crippen LogP contribution is 2.31. The number of rotatable bonds is 5. The SMILES string of the molecule is O=C(NCCCc1nc2c(s1)CCCC2)C1CCCc2ccccc21. The van der Waals surface area contributed by atoms with Crippen molar-refractivity contribution in [1.29, 1.82) is 0 Å². The molecule has 1 aromatic heterocycles. The number of hydrogen-bond acceptors (Lipinski definition) is 3. The standard InChI is InChI=1S/C21H26N2OS/c24-21(17-10-5-8-15-7-1-2-9-16(15)17)22-14-6-13-20-23-18-11-3-4-12-19(18)25-20/h1-2,7,9,17H,3-6,8,10-14H2,(H,22,24). The molecule has 1 amide bonds. The lowest BCUT2D eigenvalue weighted by Gasteiger charge is -2.24. The third-order valence-corrected chi connectivity index (χ3v) is 6.66. The van der Waals surface area contributed by atoms with E-state index in [9.17, 15) is 4.79 Å². The first-order chi connectivity index (χ1) is 12.3. The van der Waals surface area contributed by atoms with Gasteiger partial charge >= 0.3 is 0 Å². The fourth-order valence-electron chi connectivity index (χ4n) is 4.11. The van der Waals surface area contributed by atoms with Crippen LogP contribution in [0.2, 0.25) is 0 Å². The smallest absolute Gasteiger partial charge is 0.227 e. The van der Waals surface area contributed by atoms with E-state index in [1.807, 2.05) is 11.3 Å². The van der Waals surface area contributed by atoms with E-state index >= 15 is 0 Å². The molecule has 1 heterocycles. The number of aromatic nitrogens is 1. The number of carbonyl (C=O) groups excluding carboxylic acids is 1. The second-order valence-electron chi connectivity index (χ2n) is 7.22. The average molecular weight is 355 g/mol. The van der Waals surface area contributed by atoms with Crippen molar-refractivity contribution >= 4 is 17.2 Å². The summed E-state index contributed by atoms with van der Waals surface area (Å²) in [6.45, 7) is 0.752. The van der Waals surface area contributed by atoms with Gasteiger partial charge in [-0.1, -0.05) is 24.3 Å². The van der Waals surface area contributed by atoms with Gasteiger partial charge in [-0.15, -0.1) is 11.3 Å². The highest BCUT2D eigenvalue weighted by molar-refractivity contribution is 7.11. The molecule has 0 saturated carbocycles. The van der Waals surface area contributed by atoms with Gasteiger partial charge in [-0.05, 0) is 62.5 Å². The predicted octanol–water partition coefficient (Wildman–Crippen LogP) is 4.19. The van der Waals surface area contributed by atoms with Crippen molar-refractivity contribution in [3.63, 3.8) is 0 Å². The number of benzene rings is 1. The number of hydrogen-bond donors (Lipinski definition) is 1. The van der Waals surface area contributed by atoms with Crippen LogP contribution in [0.4, 0.5) is 0 Å². The molecular weight excluding hydrogens is 328 g/mol. The molecule has 0 spiro atoms. The van der Waals surface area contributed by atoms with Crippen LogP contribution in [0.25, 0.3) is 0 Å². The first kappa shape index (κ1) is 16.8. The van der Waals surface area contributed by atoms with Crippen molar-refractivity contribution in [3.8, 4) is 0 Å². The first-order valence-electron chi connectivity index (χ1n) is 9.64. The molecule has 1 atom stereocenters. The molecule has 0 bridgehead atoms. The Morgan fingerprint density at radius 1 is 1.16 bits per heavy atom. The number of nitrogens with zero attached hydrogens (tertiary/aromatic N) is 1. The summed E-state index contributed by atoms with van der Waals surface area (Å²) in [7, 11) is 0. The average Bonchev–Trinajstić information content (AvgIpc) is 3.07. The minimum atomic E-state index is 0.0390. The maximum Gasteiger partial charge on any atom is 0.227 e. The van der Waals surface area contributed by atoms with Crippen LogP contribution >= 0.6 is 11.3 Å². The highest BCUT2D eigenvalue weighted by atomic mass is 32.1. The zero-order valence-electron chi connectivity index (χ0n) is 14.7. The Morgan fingerprint density at radius 3 is 2.96 bits per heavy atom. The zero-order chi connectivity index (χ0) is 17.1. The van der Waals surface area contributed by atoms with Crippen LogP contribution < -0.4 is 5.32 Å². The lowest BCUT2D eigenvalue weighted by molar-refractivity contribution is -0.122. The van der Waals surface area contributed by atoms with E-state index in [-0.39, 0.29) is 11.8 Å². The molecule has 132 valence electrons. The van der Waals surface area contributed by atoms with Crippen LogP contribution in [0.1, 0.15) is 64.7 Å². The molecule has 0 radical (unpaired) electrons. The molecule has 2 aliphatic carbocycles. The van der Waals surface area contributed by atoms with E-state index in [1.54, 1.807) is 0 Å². The van der Waals surface area contributed by atoms with Crippen molar-refractivity contribution in [3.05, 3.63) is 51.0 Å². The van der Waals surface area contributed by atoms with Crippen molar-refractivity contribution in [1.82, 2.24) is 10.3 Å². The van der Waals surface area contributed by atoms with Crippen LogP contribution in [0.5, 0.6) is 0 Å². The van der Waals surface area contributed by atoms with Gasteiger partial charge in [-0.3, -0.25) is 4.79 Å². The lowest BCUT2D eigenvalue weighted by Crippen LogP contribution is -2.32. The van der Waals surface area contributed by atoms with Crippen molar-refractivity contribution in [2.24, 2.45) is 0 Å². The van der Waals surface area contributed by atoms with E-state index in [4.69, 9.17) is 4.98 Å².